The molecule has 2 heteroatoms. The molecule has 0 amide bonds. The summed E-state index contributed by atoms with van der Waals surface area (Å²) >= 11 is 0. The van der Waals surface area contributed by atoms with Crippen molar-refractivity contribution in [3.63, 3.8) is 0 Å². The Morgan fingerprint density at radius 1 is 1.50 bits per heavy atom. The van der Waals surface area contributed by atoms with Crippen LogP contribution in [0.15, 0.2) is 38.2 Å². The van der Waals surface area contributed by atoms with Gasteiger partial charge in [0.2, 0.25) is 0 Å². The second kappa shape index (κ2) is 10.6. The molecule has 0 aromatic carbocycles. The van der Waals surface area contributed by atoms with Gasteiger partial charge in [0, 0.05) is 6.92 Å². The van der Waals surface area contributed by atoms with Crippen LogP contribution in [0.4, 0.5) is 0 Å². The van der Waals surface area contributed by atoms with Crippen molar-refractivity contribution in [3.05, 3.63) is 38.2 Å². The van der Waals surface area contributed by atoms with Crippen molar-refractivity contribution < 1.29 is 9.53 Å². The summed E-state index contributed by atoms with van der Waals surface area (Å²) in [6, 6.07) is 0. The van der Waals surface area contributed by atoms with E-state index in [0.29, 0.717) is 0 Å². The van der Waals surface area contributed by atoms with Gasteiger partial charge in [-0.15, -0.1) is 13.2 Å². The number of carbonyl (C=O) groups excluding carboxylic acids is 1. The molecule has 0 bridgehead atoms. The Bertz CT molecular complexity index is 125. The molecule has 0 saturated carbocycles. The quantitative estimate of drug-likeness (QED) is 0.254. The van der Waals surface area contributed by atoms with Crippen LogP contribution in [0.3, 0.4) is 0 Å². The zero-order valence-electron chi connectivity index (χ0n) is 6.17. The van der Waals surface area contributed by atoms with E-state index in [2.05, 4.69) is 24.5 Å². The second-order valence-corrected chi connectivity index (χ2v) is 1.17. The molecule has 0 aromatic heterocycles. The van der Waals surface area contributed by atoms with Crippen LogP contribution in [0.25, 0.3) is 0 Å². The molecular formula is C8H12O2. The van der Waals surface area contributed by atoms with Gasteiger partial charge in [0.1, 0.15) is 0 Å². The van der Waals surface area contributed by atoms with E-state index in [-0.39, 0.29) is 5.97 Å². The number of rotatable bonds is 2. The SMILES string of the molecule is C=C.C=CC=COC(C)=O. The first kappa shape index (κ1) is 11.5. The van der Waals surface area contributed by atoms with Crippen LogP contribution >= 0.6 is 0 Å². The topological polar surface area (TPSA) is 26.3 Å². The fraction of sp³-hybridized carbons (Fsp3) is 0.125. The van der Waals surface area contributed by atoms with Gasteiger partial charge in [-0.25, -0.2) is 0 Å². The van der Waals surface area contributed by atoms with Gasteiger partial charge in [0.15, 0.2) is 0 Å². The van der Waals surface area contributed by atoms with E-state index in [9.17, 15) is 4.79 Å². The molecule has 0 aromatic rings. The molecule has 0 aliphatic heterocycles. The maximum atomic E-state index is 10.0. The van der Waals surface area contributed by atoms with E-state index in [1.807, 2.05) is 0 Å². The van der Waals surface area contributed by atoms with E-state index in [1.165, 1.54) is 19.3 Å². The number of hydrogen-bond donors (Lipinski definition) is 0. The summed E-state index contributed by atoms with van der Waals surface area (Å²) in [5.74, 6) is -0.317. The van der Waals surface area contributed by atoms with Crippen molar-refractivity contribution in [2.45, 2.75) is 6.92 Å². The highest BCUT2D eigenvalue weighted by atomic mass is 16.5. The molecule has 0 radical (unpaired) electrons. The van der Waals surface area contributed by atoms with Crippen molar-refractivity contribution in [1.29, 1.82) is 0 Å². The molecule has 0 saturated heterocycles. The maximum Gasteiger partial charge on any atom is 0.307 e. The Morgan fingerprint density at radius 2 is 2.00 bits per heavy atom. The van der Waals surface area contributed by atoms with Crippen molar-refractivity contribution in [3.8, 4) is 0 Å². The second-order valence-electron chi connectivity index (χ2n) is 1.17. The highest BCUT2D eigenvalue weighted by Crippen LogP contribution is 1.77. The van der Waals surface area contributed by atoms with Crippen LogP contribution in [0.5, 0.6) is 0 Å². The first-order valence-corrected chi connectivity index (χ1v) is 2.72. The predicted octanol–water partition coefficient (Wildman–Crippen LogP) is 2.05. The largest absolute Gasteiger partial charge is 0.435 e. The minimum Gasteiger partial charge on any atom is -0.435 e. The minimum atomic E-state index is -0.317. The van der Waals surface area contributed by atoms with Gasteiger partial charge < -0.3 is 4.74 Å². The van der Waals surface area contributed by atoms with Crippen molar-refractivity contribution in [2.75, 3.05) is 0 Å². The summed E-state index contributed by atoms with van der Waals surface area (Å²) in [4.78, 5) is 10.0. The number of ether oxygens (including phenoxy) is 1. The van der Waals surface area contributed by atoms with E-state index in [4.69, 9.17) is 0 Å². The van der Waals surface area contributed by atoms with E-state index < -0.39 is 0 Å². The molecule has 0 N–H and O–H groups in total. The van der Waals surface area contributed by atoms with Crippen LogP contribution in [0, 0.1) is 0 Å². The lowest BCUT2D eigenvalue weighted by Crippen LogP contribution is -1.88. The van der Waals surface area contributed by atoms with E-state index in [1.54, 1.807) is 6.08 Å². The Hall–Kier alpha value is -1.31. The lowest BCUT2D eigenvalue weighted by atomic mass is 10.6. The maximum absolute atomic E-state index is 10.0. The molecule has 0 aliphatic rings. The number of hydrogen-bond acceptors (Lipinski definition) is 2. The standard InChI is InChI=1S/C6H8O2.C2H4/c1-3-4-5-8-6(2)7;1-2/h3-5H,1H2,2H3;1-2H2. The Balaban J connectivity index is 0. The lowest BCUT2D eigenvalue weighted by Gasteiger charge is -1.85. The Morgan fingerprint density at radius 3 is 2.30 bits per heavy atom. The third-order valence-corrected chi connectivity index (χ3v) is 0.449. The smallest absolute Gasteiger partial charge is 0.307 e. The number of esters is 1. The molecule has 0 spiro atoms. The summed E-state index contributed by atoms with van der Waals surface area (Å²) in [7, 11) is 0. The lowest BCUT2D eigenvalue weighted by molar-refractivity contribution is -0.135. The van der Waals surface area contributed by atoms with Crippen LogP contribution in [-0.2, 0) is 9.53 Å². The first-order chi connectivity index (χ1) is 4.77. The van der Waals surface area contributed by atoms with Gasteiger partial charge in [-0.1, -0.05) is 12.7 Å². The van der Waals surface area contributed by atoms with Gasteiger partial charge in [0.25, 0.3) is 0 Å². The van der Waals surface area contributed by atoms with Gasteiger partial charge in [0.05, 0.1) is 6.26 Å². The molecule has 2 nitrogen and oxygen atoms in total. The van der Waals surface area contributed by atoms with Crippen LogP contribution in [0.1, 0.15) is 6.92 Å². The first-order valence-electron chi connectivity index (χ1n) is 2.72. The van der Waals surface area contributed by atoms with Gasteiger partial charge in [-0.2, -0.15) is 0 Å². The van der Waals surface area contributed by atoms with Crippen molar-refractivity contribution in [2.24, 2.45) is 0 Å². The molecular weight excluding hydrogens is 128 g/mol. The average molecular weight is 140 g/mol. The molecule has 0 heterocycles. The highest BCUT2D eigenvalue weighted by molar-refractivity contribution is 5.66. The Kier molecular flexibility index (Phi) is 12.2. The fourth-order valence-electron chi connectivity index (χ4n) is 0.191. The van der Waals surface area contributed by atoms with E-state index in [0.717, 1.165) is 0 Å². The number of carbonyl (C=O) groups is 1. The summed E-state index contributed by atoms with van der Waals surface area (Å²) < 4.78 is 4.39. The van der Waals surface area contributed by atoms with Crippen LogP contribution in [-0.4, -0.2) is 5.97 Å². The molecule has 10 heavy (non-hydrogen) atoms. The molecule has 0 aliphatic carbocycles. The minimum absolute atomic E-state index is 0.317. The zero-order chi connectivity index (χ0) is 8.41. The molecule has 0 unspecified atom stereocenters. The molecule has 0 atom stereocenters. The third kappa shape index (κ3) is 15.9. The average Bonchev–Trinajstić information content (AvgIpc) is 1.92. The molecule has 56 valence electrons. The normalized spacial score (nSPS) is 7.70. The van der Waals surface area contributed by atoms with Crippen LogP contribution < -0.4 is 0 Å². The number of allylic oxidation sites excluding steroid dienone is 2. The summed E-state index contributed by atoms with van der Waals surface area (Å²) in [5, 5.41) is 0. The van der Waals surface area contributed by atoms with Crippen molar-refractivity contribution in [1.82, 2.24) is 0 Å². The summed E-state index contributed by atoms with van der Waals surface area (Å²) in [6.07, 6.45) is 4.36. The Labute approximate surface area is 61.5 Å². The van der Waals surface area contributed by atoms with Gasteiger partial charge in [-0.3, -0.25) is 4.79 Å². The monoisotopic (exact) mass is 140 g/mol. The van der Waals surface area contributed by atoms with Crippen LogP contribution in [0.2, 0.25) is 0 Å². The summed E-state index contributed by atoms with van der Waals surface area (Å²) in [6.45, 7) is 10.7. The van der Waals surface area contributed by atoms with Gasteiger partial charge >= 0.3 is 5.97 Å². The third-order valence-electron chi connectivity index (χ3n) is 0.449. The molecule has 0 rings (SSSR count). The van der Waals surface area contributed by atoms with E-state index >= 15 is 0 Å². The highest BCUT2D eigenvalue weighted by Gasteiger charge is 1.80. The summed E-state index contributed by atoms with van der Waals surface area (Å²) in [5.41, 5.74) is 0. The van der Waals surface area contributed by atoms with Crippen molar-refractivity contribution >= 4 is 5.97 Å². The molecule has 0 fully saturated rings. The zero-order valence-corrected chi connectivity index (χ0v) is 6.17. The predicted molar refractivity (Wildman–Crippen MR) is 42.4 cm³/mol. The van der Waals surface area contributed by atoms with Gasteiger partial charge in [-0.05, 0) is 6.08 Å². The fourth-order valence-corrected chi connectivity index (χ4v) is 0.191.